The Bertz CT molecular complexity index is 818. The summed E-state index contributed by atoms with van der Waals surface area (Å²) in [6.45, 7) is 1.64. The molecule has 0 unspecified atom stereocenters. The highest BCUT2D eigenvalue weighted by molar-refractivity contribution is 8.00. The molecule has 1 aliphatic rings. The summed E-state index contributed by atoms with van der Waals surface area (Å²) in [5.41, 5.74) is 0. The van der Waals surface area contributed by atoms with E-state index in [2.05, 4.69) is 16.9 Å². The van der Waals surface area contributed by atoms with Crippen LogP contribution >= 0.6 is 11.8 Å². The van der Waals surface area contributed by atoms with E-state index >= 15 is 0 Å². The van der Waals surface area contributed by atoms with E-state index in [1.165, 1.54) is 13.2 Å². The van der Waals surface area contributed by atoms with E-state index in [0.717, 1.165) is 17.7 Å². The summed E-state index contributed by atoms with van der Waals surface area (Å²) >= 11 is 1.72. The Balaban J connectivity index is 1.76. The number of nitrogens with one attached hydrogen (secondary N) is 1. The Morgan fingerprint density at radius 1 is 1.12 bits per heavy atom. The third kappa shape index (κ3) is 4.79. The fraction of sp³-hybridized carbons (Fsp3) is 0.368. The predicted octanol–water partition coefficient (Wildman–Crippen LogP) is 3.32. The Hall–Kier alpha value is -1.54. The minimum absolute atomic E-state index is 0.212. The molecule has 26 heavy (non-hydrogen) atoms. The summed E-state index contributed by atoms with van der Waals surface area (Å²) in [6.07, 6.45) is 1.60. The van der Waals surface area contributed by atoms with Crippen molar-refractivity contribution in [3.05, 3.63) is 54.6 Å². The van der Waals surface area contributed by atoms with Crippen LogP contribution in [0.25, 0.3) is 0 Å². The second-order valence-corrected chi connectivity index (χ2v) is 9.52. The van der Waals surface area contributed by atoms with Crippen LogP contribution in [0.1, 0.15) is 12.8 Å². The van der Waals surface area contributed by atoms with Gasteiger partial charge in [0, 0.05) is 35.5 Å². The van der Waals surface area contributed by atoms with E-state index in [-0.39, 0.29) is 9.64 Å². The number of methoxy groups -OCH3 is 1. The molecule has 1 aliphatic heterocycles. The molecule has 5 nitrogen and oxygen atoms in total. The summed E-state index contributed by atoms with van der Waals surface area (Å²) < 4.78 is 38.7. The van der Waals surface area contributed by atoms with Crippen molar-refractivity contribution in [2.24, 2.45) is 0 Å². The molecule has 1 saturated heterocycles. The summed E-state index contributed by atoms with van der Waals surface area (Å²) in [4.78, 5) is 1.35. The van der Waals surface area contributed by atoms with Gasteiger partial charge in [0.1, 0.15) is 5.75 Å². The summed E-state index contributed by atoms with van der Waals surface area (Å²) in [7, 11) is -2.09. The Labute approximate surface area is 159 Å². The highest BCUT2D eigenvalue weighted by atomic mass is 32.2. The van der Waals surface area contributed by atoms with Gasteiger partial charge in [0.25, 0.3) is 0 Å². The van der Waals surface area contributed by atoms with E-state index in [1.807, 2.05) is 18.2 Å². The van der Waals surface area contributed by atoms with Gasteiger partial charge in [0.2, 0.25) is 10.0 Å². The number of hydrogen-bond acceptors (Lipinski definition) is 5. The van der Waals surface area contributed by atoms with Crippen LogP contribution in [0.4, 0.5) is 0 Å². The molecule has 7 heteroatoms. The molecular formula is C19H23NO4S2. The van der Waals surface area contributed by atoms with Crippen LogP contribution in [-0.2, 0) is 14.8 Å². The molecule has 0 amide bonds. The molecular weight excluding hydrogens is 370 g/mol. The van der Waals surface area contributed by atoms with Crippen molar-refractivity contribution in [3.63, 3.8) is 0 Å². The average molecular weight is 394 g/mol. The molecule has 1 N–H and O–H groups in total. The SMILES string of the molecule is COc1cccc(S(=O)(=O)NCC2(Sc3ccccc3)CCOCC2)c1. The molecule has 0 aromatic heterocycles. The van der Waals surface area contributed by atoms with E-state index in [4.69, 9.17) is 9.47 Å². The highest BCUT2D eigenvalue weighted by Crippen LogP contribution is 2.40. The smallest absolute Gasteiger partial charge is 0.240 e. The molecule has 0 radical (unpaired) electrons. The minimum Gasteiger partial charge on any atom is -0.497 e. The van der Waals surface area contributed by atoms with Gasteiger partial charge in [-0.05, 0) is 37.1 Å². The molecule has 2 aromatic carbocycles. The van der Waals surface area contributed by atoms with Gasteiger partial charge >= 0.3 is 0 Å². The Morgan fingerprint density at radius 2 is 1.85 bits per heavy atom. The van der Waals surface area contributed by atoms with Gasteiger partial charge in [-0.3, -0.25) is 0 Å². The fourth-order valence-electron chi connectivity index (χ4n) is 2.88. The number of sulfonamides is 1. The van der Waals surface area contributed by atoms with Crippen LogP contribution in [0.2, 0.25) is 0 Å². The second-order valence-electron chi connectivity index (χ2n) is 6.21. The zero-order chi connectivity index (χ0) is 18.5. The highest BCUT2D eigenvalue weighted by Gasteiger charge is 2.35. The second kappa shape index (κ2) is 8.43. The molecule has 0 aliphatic carbocycles. The van der Waals surface area contributed by atoms with Crippen LogP contribution in [0, 0.1) is 0 Å². The van der Waals surface area contributed by atoms with Crippen molar-refractivity contribution in [3.8, 4) is 5.75 Å². The van der Waals surface area contributed by atoms with Crippen molar-refractivity contribution in [2.45, 2.75) is 27.4 Å². The van der Waals surface area contributed by atoms with Crippen molar-refractivity contribution in [1.29, 1.82) is 0 Å². The van der Waals surface area contributed by atoms with Crippen LogP contribution in [-0.4, -0.2) is 40.0 Å². The van der Waals surface area contributed by atoms with Gasteiger partial charge in [0.15, 0.2) is 0 Å². The van der Waals surface area contributed by atoms with Crippen molar-refractivity contribution in [2.75, 3.05) is 26.9 Å². The first-order valence-electron chi connectivity index (χ1n) is 8.49. The van der Waals surface area contributed by atoms with E-state index in [0.29, 0.717) is 25.5 Å². The molecule has 0 spiro atoms. The number of rotatable bonds is 7. The number of hydrogen-bond donors (Lipinski definition) is 1. The maximum Gasteiger partial charge on any atom is 0.240 e. The normalized spacial score (nSPS) is 17.0. The molecule has 0 bridgehead atoms. The van der Waals surface area contributed by atoms with Crippen molar-refractivity contribution >= 4 is 21.8 Å². The number of benzene rings is 2. The van der Waals surface area contributed by atoms with Gasteiger partial charge in [-0.15, -0.1) is 11.8 Å². The summed E-state index contributed by atoms with van der Waals surface area (Å²) in [6, 6.07) is 16.6. The van der Waals surface area contributed by atoms with Crippen molar-refractivity contribution < 1.29 is 17.9 Å². The zero-order valence-electron chi connectivity index (χ0n) is 14.7. The predicted molar refractivity (Wildman–Crippen MR) is 103 cm³/mol. The molecule has 0 saturated carbocycles. The maximum atomic E-state index is 12.7. The maximum absolute atomic E-state index is 12.7. The Kier molecular flexibility index (Phi) is 6.24. The monoisotopic (exact) mass is 393 g/mol. The average Bonchev–Trinajstić information content (AvgIpc) is 2.68. The summed E-state index contributed by atoms with van der Waals surface area (Å²) in [5, 5.41) is 0. The zero-order valence-corrected chi connectivity index (χ0v) is 16.3. The molecule has 1 fully saturated rings. The van der Waals surface area contributed by atoms with E-state index in [9.17, 15) is 8.42 Å². The summed E-state index contributed by atoms with van der Waals surface area (Å²) in [5.74, 6) is 0.521. The first-order valence-corrected chi connectivity index (χ1v) is 10.8. The number of thioether (sulfide) groups is 1. The largest absolute Gasteiger partial charge is 0.497 e. The Morgan fingerprint density at radius 3 is 2.54 bits per heavy atom. The standard InChI is InChI=1S/C19H23NO4S2/c1-23-16-6-5-9-18(14-16)26(21,22)20-15-19(10-12-24-13-11-19)25-17-7-3-2-4-8-17/h2-9,14,20H,10-13,15H2,1H3. The molecule has 140 valence electrons. The van der Waals surface area contributed by atoms with E-state index < -0.39 is 10.0 Å². The van der Waals surface area contributed by atoms with Gasteiger partial charge in [-0.25, -0.2) is 13.1 Å². The van der Waals surface area contributed by atoms with Gasteiger partial charge in [-0.1, -0.05) is 24.3 Å². The van der Waals surface area contributed by atoms with Crippen LogP contribution in [0.15, 0.2) is 64.4 Å². The van der Waals surface area contributed by atoms with Gasteiger partial charge in [0.05, 0.1) is 12.0 Å². The van der Waals surface area contributed by atoms with Crippen LogP contribution in [0.3, 0.4) is 0 Å². The fourth-order valence-corrected chi connectivity index (χ4v) is 5.44. The molecule has 3 rings (SSSR count). The molecule has 1 heterocycles. The van der Waals surface area contributed by atoms with Crippen molar-refractivity contribution in [1.82, 2.24) is 4.72 Å². The lowest BCUT2D eigenvalue weighted by atomic mass is 9.99. The minimum atomic E-state index is -3.61. The van der Waals surface area contributed by atoms with E-state index in [1.54, 1.807) is 30.0 Å². The van der Waals surface area contributed by atoms with Gasteiger partial charge < -0.3 is 9.47 Å². The lowest BCUT2D eigenvalue weighted by molar-refractivity contribution is 0.0784. The van der Waals surface area contributed by atoms with Crippen LogP contribution < -0.4 is 9.46 Å². The first kappa shape index (κ1) is 19.2. The third-order valence-corrected chi connectivity index (χ3v) is 7.31. The quantitative estimate of drug-likeness (QED) is 0.782. The lowest BCUT2D eigenvalue weighted by Crippen LogP contribution is -2.44. The first-order chi connectivity index (χ1) is 12.5. The molecule has 0 atom stereocenters. The number of ether oxygens (including phenoxy) is 2. The van der Waals surface area contributed by atoms with Gasteiger partial charge in [-0.2, -0.15) is 0 Å². The lowest BCUT2D eigenvalue weighted by Gasteiger charge is -2.36. The topological polar surface area (TPSA) is 64.6 Å². The van der Waals surface area contributed by atoms with Crippen LogP contribution in [0.5, 0.6) is 5.75 Å². The third-order valence-electron chi connectivity index (χ3n) is 4.42. The molecule has 2 aromatic rings.